The van der Waals surface area contributed by atoms with E-state index in [1.165, 1.54) is 24.0 Å². The summed E-state index contributed by atoms with van der Waals surface area (Å²) in [4.78, 5) is 0.594. The highest BCUT2D eigenvalue weighted by Crippen LogP contribution is 2.41. The molecule has 1 N–H and O–H groups in total. The van der Waals surface area contributed by atoms with Crippen molar-refractivity contribution in [3.8, 4) is 0 Å². The van der Waals surface area contributed by atoms with Crippen molar-refractivity contribution in [3.05, 3.63) is 59.7 Å². The minimum atomic E-state index is -2.40. The number of benzene rings is 2. The molecule has 0 aromatic heterocycles. The van der Waals surface area contributed by atoms with Crippen molar-refractivity contribution >= 4 is 17.4 Å². The standard InChI is InChI=1S/C17H17F2NS/c18-17(19)21-16-8-4-3-7-15(16)20-11-13-5-1-2-6-14(13)12-9-10-12/h1-8,12,17,20H,9-11H2. The lowest BCUT2D eigenvalue weighted by Gasteiger charge is -2.13. The van der Waals surface area contributed by atoms with Crippen LogP contribution in [0.2, 0.25) is 0 Å². The minimum Gasteiger partial charge on any atom is -0.380 e. The molecule has 2 aromatic carbocycles. The van der Waals surface area contributed by atoms with E-state index in [9.17, 15) is 8.78 Å². The smallest absolute Gasteiger partial charge is 0.288 e. The highest BCUT2D eigenvalue weighted by Gasteiger charge is 2.25. The Bertz CT molecular complexity index is 611. The van der Waals surface area contributed by atoms with Gasteiger partial charge in [0.05, 0.1) is 0 Å². The first kappa shape index (κ1) is 14.4. The number of hydrogen-bond acceptors (Lipinski definition) is 2. The third-order valence-corrected chi connectivity index (χ3v) is 4.43. The normalized spacial score (nSPS) is 14.4. The Hall–Kier alpha value is -1.55. The molecule has 4 heteroatoms. The Morgan fingerprint density at radius 1 is 1.05 bits per heavy atom. The summed E-state index contributed by atoms with van der Waals surface area (Å²) < 4.78 is 25.2. The second-order valence-electron chi connectivity index (χ2n) is 5.20. The van der Waals surface area contributed by atoms with Crippen LogP contribution in [0.1, 0.15) is 29.9 Å². The van der Waals surface area contributed by atoms with E-state index in [-0.39, 0.29) is 0 Å². The van der Waals surface area contributed by atoms with Gasteiger partial charge in [0.1, 0.15) is 0 Å². The third kappa shape index (κ3) is 3.76. The lowest BCUT2D eigenvalue weighted by molar-refractivity contribution is 0.252. The molecule has 0 unspecified atom stereocenters. The molecule has 0 spiro atoms. The van der Waals surface area contributed by atoms with Gasteiger partial charge in [-0.2, -0.15) is 8.78 Å². The maximum Gasteiger partial charge on any atom is 0.288 e. The molecule has 1 fully saturated rings. The first-order valence-electron chi connectivity index (χ1n) is 7.09. The second-order valence-corrected chi connectivity index (χ2v) is 6.23. The highest BCUT2D eigenvalue weighted by molar-refractivity contribution is 7.99. The van der Waals surface area contributed by atoms with E-state index in [0.29, 0.717) is 29.1 Å². The van der Waals surface area contributed by atoms with Gasteiger partial charge in [-0.05, 0) is 42.0 Å². The molecule has 0 saturated heterocycles. The summed E-state index contributed by atoms with van der Waals surface area (Å²) in [6.45, 7) is 0.674. The first-order valence-corrected chi connectivity index (χ1v) is 7.97. The Labute approximate surface area is 127 Å². The summed E-state index contributed by atoms with van der Waals surface area (Å²) in [5.41, 5.74) is 3.43. The molecule has 0 aliphatic heterocycles. The molecule has 110 valence electrons. The Balaban J connectivity index is 1.73. The van der Waals surface area contributed by atoms with Gasteiger partial charge in [-0.3, -0.25) is 0 Å². The first-order chi connectivity index (χ1) is 10.2. The van der Waals surface area contributed by atoms with E-state index in [1.54, 1.807) is 12.1 Å². The van der Waals surface area contributed by atoms with Crippen LogP contribution in [0.3, 0.4) is 0 Å². The van der Waals surface area contributed by atoms with Crippen LogP contribution in [0.4, 0.5) is 14.5 Å². The van der Waals surface area contributed by atoms with Crippen LogP contribution >= 0.6 is 11.8 Å². The van der Waals surface area contributed by atoms with E-state index in [2.05, 4.69) is 23.5 Å². The number of halogens is 2. The molecule has 1 aliphatic rings. The van der Waals surface area contributed by atoms with Crippen molar-refractivity contribution < 1.29 is 8.78 Å². The highest BCUT2D eigenvalue weighted by atomic mass is 32.2. The van der Waals surface area contributed by atoms with Gasteiger partial charge in [-0.15, -0.1) is 0 Å². The van der Waals surface area contributed by atoms with Gasteiger partial charge < -0.3 is 5.32 Å². The molecule has 3 rings (SSSR count). The molecule has 1 nitrogen and oxygen atoms in total. The quantitative estimate of drug-likeness (QED) is 0.708. The Morgan fingerprint density at radius 3 is 2.52 bits per heavy atom. The molecule has 0 bridgehead atoms. The summed E-state index contributed by atoms with van der Waals surface area (Å²) >= 11 is 0.587. The van der Waals surface area contributed by atoms with Crippen molar-refractivity contribution in [3.63, 3.8) is 0 Å². The molecular formula is C17H17F2NS. The number of nitrogens with one attached hydrogen (secondary N) is 1. The fraction of sp³-hybridized carbons (Fsp3) is 0.294. The molecule has 0 amide bonds. The summed E-state index contributed by atoms with van der Waals surface area (Å²) in [6, 6.07) is 15.6. The van der Waals surface area contributed by atoms with Crippen molar-refractivity contribution in [2.24, 2.45) is 0 Å². The number of anilines is 1. The predicted octanol–water partition coefficient (Wildman–Crippen LogP) is 5.49. The number of alkyl halides is 2. The van der Waals surface area contributed by atoms with Gasteiger partial charge in [0.25, 0.3) is 5.76 Å². The third-order valence-electron chi connectivity index (χ3n) is 3.64. The fourth-order valence-corrected chi connectivity index (χ4v) is 3.11. The molecule has 0 heterocycles. The molecule has 1 aliphatic carbocycles. The second kappa shape index (κ2) is 6.48. The van der Waals surface area contributed by atoms with Crippen LogP contribution in [-0.2, 0) is 6.54 Å². The van der Waals surface area contributed by atoms with E-state index in [4.69, 9.17) is 0 Å². The molecule has 0 radical (unpaired) electrons. The van der Waals surface area contributed by atoms with Crippen LogP contribution in [0.15, 0.2) is 53.4 Å². The average molecular weight is 305 g/mol. The number of thioether (sulfide) groups is 1. The minimum absolute atomic E-state index is 0.587. The summed E-state index contributed by atoms with van der Waals surface area (Å²) in [5.74, 6) is -1.71. The van der Waals surface area contributed by atoms with Crippen molar-refractivity contribution in [2.75, 3.05) is 5.32 Å². The molecule has 1 saturated carbocycles. The number of hydrogen-bond donors (Lipinski definition) is 1. The van der Waals surface area contributed by atoms with Crippen LogP contribution < -0.4 is 5.32 Å². The van der Waals surface area contributed by atoms with Gasteiger partial charge in [0.15, 0.2) is 0 Å². The van der Waals surface area contributed by atoms with E-state index in [0.717, 1.165) is 5.69 Å². The predicted molar refractivity (Wildman–Crippen MR) is 84.0 cm³/mol. The average Bonchev–Trinajstić information content (AvgIpc) is 3.31. The lowest BCUT2D eigenvalue weighted by Crippen LogP contribution is -2.03. The van der Waals surface area contributed by atoms with Crippen LogP contribution in [0, 0.1) is 0 Å². The fourth-order valence-electron chi connectivity index (χ4n) is 2.49. The van der Waals surface area contributed by atoms with Gasteiger partial charge in [-0.1, -0.05) is 48.2 Å². The lowest BCUT2D eigenvalue weighted by atomic mass is 10.0. The van der Waals surface area contributed by atoms with Gasteiger partial charge in [-0.25, -0.2) is 0 Å². The SMILES string of the molecule is FC(F)Sc1ccccc1NCc1ccccc1C1CC1. The van der Waals surface area contributed by atoms with Crippen LogP contribution in [0.5, 0.6) is 0 Å². The Morgan fingerprint density at radius 2 is 1.76 bits per heavy atom. The maximum atomic E-state index is 12.6. The van der Waals surface area contributed by atoms with Crippen molar-refractivity contribution in [2.45, 2.75) is 36.0 Å². The van der Waals surface area contributed by atoms with Gasteiger partial charge in [0, 0.05) is 17.1 Å². The molecule has 21 heavy (non-hydrogen) atoms. The van der Waals surface area contributed by atoms with Crippen LogP contribution in [0.25, 0.3) is 0 Å². The summed E-state index contributed by atoms with van der Waals surface area (Å²) in [7, 11) is 0. The van der Waals surface area contributed by atoms with Crippen molar-refractivity contribution in [1.82, 2.24) is 0 Å². The zero-order chi connectivity index (χ0) is 14.7. The van der Waals surface area contributed by atoms with Gasteiger partial charge >= 0.3 is 0 Å². The monoisotopic (exact) mass is 305 g/mol. The van der Waals surface area contributed by atoms with E-state index < -0.39 is 5.76 Å². The van der Waals surface area contributed by atoms with Crippen molar-refractivity contribution in [1.29, 1.82) is 0 Å². The molecule has 0 atom stereocenters. The zero-order valence-electron chi connectivity index (χ0n) is 11.6. The van der Waals surface area contributed by atoms with E-state index >= 15 is 0 Å². The molecule has 2 aromatic rings. The van der Waals surface area contributed by atoms with Gasteiger partial charge in [0.2, 0.25) is 0 Å². The molecular weight excluding hydrogens is 288 g/mol. The zero-order valence-corrected chi connectivity index (χ0v) is 12.4. The number of rotatable bonds is 6. The summed E-state index contributed by atoms with van der Waals surface area (Å²) in [6.07, 6.45) is 2.52. The Kier molecular flexibility index (Phi) is 4.44. The van der Waals surface area contributed by atoms with Crippen LogP contribution in [-0.4, -0.2) is 5.76 Å². The van der Waals surface area contributed by atoms with E-state index in [1.807, 2.05) is 18.2 Å². The largest absolute Gasteiger partial charge is 0.380 e. The number of para-hydroxylation sites is 1. The topological polar surface area (TPSA) is 12.0 Å². The maximum absolute atomic E-state index is 12.6. The summed E-state index contributed by atoms with van der Waals surface area (Å²) in [5, 5.41) is 3.30.